The summed E-state index contributed by atoms with van der Waals surface area (Å²) in [5.74, 6) is 1.75. The van der Waals surface area contributed by atoms with E-state index in [4.69, 9.17) is 5.73 Å². The highest BCUT2D eigenvalue weighted by Crippen LogP contribution is 2.31. The van der Waals surface area contributed by atoms with Gasteiger partial charge in [0.05, 0.1) is 11.0 Å². The molecule has 2 N–H and O–H groups in total. The Hall–Kier alpha value is -1.58. The third-order valence-corrected chi connectivity index (χ3v) is 4.32. The van der Waals surface area contributed by atoms with Crippen molar-refractivity contribution in [3.8, 4) is 0 Å². The first-order valence-electron chi connectivity index (χ1n) is 7.04. The van der Waals surface area contributed by atoms with Crippen LogP contribution in [0.1, 0.15) is 32.6 Å². The molecule has 1 fully saturated rings. The first-order valence-corrected chi connectivity index (χ1v) is 7.04. The lowest BCUT2D eigenvalue weighted by Gasteiger charge is -2.26. The van der Waals surface area contributed by atoms with Gasteiger partial charge in [-0.05, 0) is 42.9 Å². The van der Waals surface area contributed by atoms with Crippen molar-refractivity contribution in [3.63, 3.8) is 0 Å². The second-order valence-corrected chi connectivity index (χ2v) is 5.84. The van der Waals surface area contributed by atoms with Crippen molar-refractivity contribution in [3.05, 3.63) is 24.0 Å². The Balaban J connectivity index is 1.87. The van der Waals surface area contributed by atoms with E-state index < -0.39 is 0 Å². The molecule has 0 unspecified atom stereocenters. The summed E-state index contributed by atoms with van der Waals surface area (Å²) in [6.07, 6.45) is 5.03. The Morgan fingerprint density at radius 1 is 1.32 bits per heavy atom. The maximum Gasteiger partial charge on any atom is 0.201 e. The number of imidazole rings is 1. The third kappa shape index (κ3) is 2.44. The molecule has 1 aliphatic rings. The van der Waals surface area contributed by atoms with Gasteiger partial charge in [0, 0.05) is 6.54 Å². The Labute approximate surface area is 112 Å². The molecular formula is C15H20FN3. The fourth-order valence-corrected chi connectivity index (χ4v) is 3.08. The van der Waals surface area contributed by atoms with Crippen LogP contribution in [0, 0.1) is 17.7 Å². The van der Waals surface area contributed by atoms with Crippen molar-refractivity contribution < 1.29 is 4.39 Å². The number of rotatable bonds is 2. The van der Waals surface area contributed by atoms with E-state index in [0.717, 1.165) is 23.5 Å². The largest absolute Gasteiger partial charge is 0.369 e. The Morgan fingerprint density at radius 3 is 2.79 bits per heavy atom. The van der Waals surface area contributed by atoms with Gasteiger partial charge in [-0.1, -0.05) is 19.8 Å². The molecule has 19 heavy (non-hydrogen) atoms. The lowest BCUT2D eigenvalue weighted by Crippen LogP contribution is -2.18. The summed E-state index contributed by atoms with van der Waals surface area (Å²) in [7, 11) is 0. The van der Waals surface area contributed by atoms with Gasteiger partial charge in [0.2, 0.25) is 5.95 Å². The number of nitrogens with zero attached hydrogens (tertiary/aromatic N) is 2. The molecule has 0 atom stereocenters. The molecule has 1 aliphatic carbocycles. The molecule has 1 saturated carbocycles. The summed E-state index contributed by atoms with van der Waals surface area (Å²) < 4.78 is 15.3. The predicted molar refractivity (Wildman–Crippen MR) is 75.2 cm³/mol. The highest BCUT2D eigenvalue weighted by atomic mass is 19.1. The van der Waals surface area contributed by atoms with Gasteiger partial charge >= 0.3 is 0 Å². The zero-order valence-corrected chi connectivity index (χ0v) is 11.3. The van der Waals surface area contributed by atoms with Gasteiger partial charge in [0.1, 0.15) is 5.82 Å². The molecule has 3 rings (SSSR count). The molecule has 1 heterocycles. The van der Waals surface area contributed by atoms with Crippen molar-refractivity contribution in [1.82, 2.24) is 9.55 Å². The summed E-state index contributed by atoms with van der Waals surface area (Å²) in [6.45, 7) is 3.17. The number of nitrogens with two attached hydrogens (primary N) is 1. The van der Waals surface area contributed by atoms with Crippen molar-refractivity contribution in [2.24, 2.45) is 11.8 Å². The molecular weight excluding hydrogens is 241 g/mol. The van der Waals surface area contributed by atoms with Gasteiger partial charge in [-0.3, -0.25) is 0 Å². The topological polar surface area (TPSA) is 43.8 Å². The van der Waals surface area contributed by atoms with Crippen LogP contribution in [0.4, 0.5) is 10.3 Å². The summed E-state index contributed by atoms with van der Waals surface area (Å²) in [5.41, 5.74) is 7.57. The standard InChI is InChI=1S/C15H20FN3/c1-10-2-4-11(5-3-10)9-19-14-8-12(16)6-7-13(14)18-15(19)17/h6-8,10-11H,2-5,9H2,1H3,(H2,17,18). The second-order valence-electron chi connectivity index (χ2n) is 5.84. The second kappa shape index (κ2) is 4.83. The summed E-state index contributed by atoms with van der Waals surface area (Å²) in [6, 6.07) is 4.66. The Morgan fingerprint density at radius 2 is 2.05 bits per heavy atom. The van der Waals surface area contributed by atoms with E-state index in [0.29, 0.717) is 11.9 Å². The van der Waals surface area contributed by atoms with E-state index >= 15 is 0 Å². The van der Waals surface area contributed by atoms with Crippen LogP contribution < -0.4 is 5.73 Å². The van der Waals surface area contributed by atoms with Gasteiger partial charge in [0.25, 0.3) is 0 Å². The van der Waals surface area contributed by atoms with Crippen LogP contribution in [0.25, 0.3) is 11.0 Å². The van der Waals surface area contributed by atoms with Gasteiger partial charge in [0.15, 0.2) is 0 Å². The predicted octanol–water partition coefficient (Wildman–Crippen LogP) is 3.58. The molecule has 4 heteroatoms. The molecule has 1 aromatic heterocycles. The van der Waals surface area contributed by atoms with Gasteiger partial charge in [-0.25, -0.2) is 9.37 Å². The summed E-state index contributed by atoms with van der Waals surface area (Å²) in [5, 5.41) is 0. The molecule has 0 bridgehead atoms. The van der Waals surface area contributed by atoms with E-state index in [-0.39, 0.29) is 5.82 Å². The van der Waals surface area contributed by atoms with Crippen molar-refractivity contribution in [2.75, 3.05) is 5.73 Å². The number of nitrogen functional groups attached to an aromatic ring is 1. The molecule has 0 radical (unpaired) electrons. The first-order chi connectivity index (χ1) is 9.13. The normalized spacial score (nSPS) is 23.9. The number of anilines is 1. The maximum atomic E-state index is 13.4. The van der Waals surface area contributed by atoms with Gasteiger partial charge in [-0.2, -0.15) is 0 Å². The number of hydrogen-bond acceptors (Lipinski definition) is 2. The number of fused-ring (bicyclic) bond motifs is 1. The average Bonchev–Trinajstić information content (AvgIpc) is 2.69. The number of halogens is 1. The summed E-state index contributed by atoms with van der Waals surface area (Å²) >= 11 is 0. The van der Waals surface area contributed by atoms with Crippen LogP contribution in [-0.4, -0.2) is 9.55 Å². The fraction of sp³-hybridized carbons (Fsp3) is 0.533. The zero-order chi connectivity index (χ0) is 13.4. The molecule has 0 amide bonds. The lowest BCUT2D eigenvalue weighted by atomic mass is 9.83. The van der Waals surface area contributed by atoms with Crippen molar-refractivity contribution >= 4 is 17.0 Å². The van der Waals surface area contributed by atoms with Crippen molar-refractivity contribution in [1.29, 1.82) is 0 Å². The smallest absolute Gasteiger partial charge is 0.201 e. The van der Waals surface area contributed by atoms with E-state index in [1.807, 2.05) is 4.57 Å². The van der Waals surface area contributed by atoms with Crippen LogP contribution in [0.5, 0.6) is 0 Å². The maximum absolute atomic E-state index is 13.4. The van der Waals surface area contributed by atoms with Gasteiger partial charge < -0.3 is 10.3 Å². The minimum absolute atomic E-state index is 0.231. The fourth-order valence-electron chi connectivity index (χ4n) is 3.08. The Kier molecular flexibility index (Phi) is 3.17. The molecule has 3 nitrogen and oxygen atoms in total. The highest BCUT2D eigenvalue weighted by Gasteiger charge is 2.20. The van der Waals surface area contributed by atoms with E-state index in [1.165, 1.54) is 37.8 Å². The first kappa shape index (κ1) is 12.5. The van der Waals surface area contributed by atoms with Crippen LogP contribution in [0.15, 0.2) is 18.2 Å². The third-order valence-electron chi connectivity index (χ3n) is 4.32. The zero-order valence-electron chi connectivity index (χ0n) is 11.3. The van der Waals surface area contributed by atoms with E-state index in [1.54, 1.807) is 6.07 Å². The minimum atomic E-state index is -0.231. The van der Waals surface area contributed by atoms with Crippen LogP contribution in [0.3, 0.4) is 0 Å². The highest BCUT2D eigenvalue weighted by molar-refractivity contribution is 5.78. The average molecular weight is 261 g/mol. The molecule has 1 aromatic carbocycles. The molecule has 102 valence electrons. The molecule has 2 aromatic rings. The number of aromatic nitrogens is 2. The van der Waals surface area contributed by atoms with Gasteiger partial charge in [-0.15, -0.1) is 0 Å². The van der Waals surface area contributed by atoms with E-state index in [9.17, 15) is 4.39 Å². The van der Waals surface area contributed by atoms with E-state index in [2.05, 4.69) is 11.9 Å². The minimum Gasteiger partial charge on any atom is -0.369 e. The number of hydrogen-bond donors (Lipinski definition) is 1. The van der Waals surface area contributed by atoms with Crippen LogP contribution in [0.2, 0.25) is 0 Å². The molecule has 0 saturated heterocycles. The lowest BCUT2D eigenvalue weighted by molar-refractivity contribution is 0.267. The quantitative estimate of drug-likeness (QED) is 0.898. The molecule has 0 aliphatic heterocycles. The Bertz CT molecular complexity index is 582. The molecule has 0 spiro atoms. The SMILES string of the molecule is CC1CCC(Cn2c(N)nc3ccc(F)cc32)CC1. The van der Waals surface area contributed by atoms with Crippen LogP contribution in [-0.2, 0) is 6.54 Å². The number of benzene rings is 1. The monoisotopic (exact) mass is 261 g/mol. The van der Waals surface area contributed by atoms with Crippen molar-refractivity contribution in [2.45, 2.75) is 39.2 Å². The summed E-state index contributed by atoms with van der Waals surface area (Å²) in [4.78, 5) is 4.31. The van der Waals surface area contributed by atoms with Crippen LogP contribution >= 0.6 is 0 Å².